The van der Waals surface area contributed by atoms with Gasteiger partial charge in [0.25, 0.3) is 0 Å². The molecule has 0 bridgehead atoms. The molecule has 0 saturated carbocycles. The van der Waals surface area contributed by atoms with Crippen LogP contribution in [0.1, 0.15) is 0 Å². The van der Waals surface area contributed by atoms with Crippen molar-refractivity contribution in [2.45, 2.75) is 36.8 Å². The minimum absolute atomic E-state index is 0.624. The number of aliphatic hydroxyl groups is 5. The molecule has 1 aliphatic rings. The molecule has 0 aromatic heterocycles. The summed E-state index contributed by atoms with van der Waals surface area (Å²) in [5.74, 6) is 0. The van der Waals surface area contributed by atoms with Crippen LogP contribution >= 0.6 is 0 Å². The second kappa shape index (κ2) is 5.17. The summed E-state index contributed by atoms with van der Waals surface area (Å²) in [4.78, 5) is 0. The van der Waals surface area contributed by atoms with E-state index < -0.39 is 43.4 Å². The van der Waals surface area contributed by atoms with Crippen molar-refractivity contribution >= 4 is 0 Å². The van der Waals surface area contributed by atoms with Gasteiger partial charge in [-0.1, -0.05) is 0 Å². The molecule has 0 spiro atoms. The van der Waals surface area contributed by atoms with Crippen LogP contribution in [0.15, 0.2) is 0 Å². The molecule has 7 heteroatoms. The van der Waals surface area contributed by atoms with Crippen LogP contribution in [0.2, 0.25) is 0 Å². The van der Waals surface area contributed by atoms with Gasteiger partial charge in [0, 0.05) is 7.11 Å². The molecule has 0 unspecified atom stereocenters. The molecule has 1 fully saturated rings. The third kappa shape index (κ3) is 2.45. The Morgan fingerprint density at radius 3 is 2.27 bits per heavy atom. The first-order valence-corrected chi connectivity index (χ1v) is 4.54. The fourth-order valence-corrected chi connectivity index (χ4v) is 1.49. The zero-order chi connectivity index (χ0) is 11.6. The summed E-state index contributed by atoms with van der Waals surface area (Å²) in [6, 6.07) is 0. The van der Waals surface area contributed by atoms with E-state index in [1.54, 1.807) is 0 Å². The monoisotopic (exact) mass is 224 g/mol. The van der Waals surface area contributed by atoms with Gasteiger partial charge < -0.3 is 35.0 Å². The molecular weight excluding hydrogens is 208 g/mol. The highest BCUT2D eigenvalue weighted by molar-refractivity contribution is 4.92. The number of hydrogen-bond acceptors (Lipinski definition) is 7. The molecule has 1 saturated heterocycles. The van der Waals surface area contributed by atoms with Gasteiger partial charge in [-0.05, 0) is 0 Å². The smallest absolute Gasteiger partial charge is 0.186 e. The van der Waals surface area contributed by atoms with Crippen molar-refractivity contribution in [1.29, 1.82) is 0 Å². The standard InChI is InChI=1S/C8H16O7/c1-14-8-6(13)4(11)5(12)7(15-8)3(10)2-9/h3-13H,2H2,1H3/t3-,4+,5-,6-,7-,8-/m1/s1. The first-order valence-electron chi connectivity index (χ1n) is 4.54. The van der Waals surface area contributed by atoms with Crippen molar-refractivity contribution in [2.24, 2.45) is 0 Å². The van der Waals surface area contributed by atoms with Crippen LogP contribution in [0.25, 0.3) is 0 Å². The van der Waals surface area contributed by atoms with Gasteiger partial charge in [0.15, 0.2) is 6.29 Å². The highest BCUT2D eigenvalue weighted by Gasteiger charge is 2.46. The van der Waals surface area contributed by atoms with E-state index in [1.165, 1.54) is 7.11 Å². The van der Waals surface area contributed by atoms with Crippen molar-refractivity contribution in [2.75, 3.05) is 13.7 Å². The van der Waals surface area contributed by atoms with E-state index in [9.17, 15) is 20.4 Å². The molecule has 0 radical (unpaired) electrons. The Bertz CT molecular complexity index is 197. The van der Waals surface area contributed by atoms with E-state index in [4.69, 9.17) is 14.6 Å². The van der Waals surface area contributed by atoms with Crippen LogP contribution in [0.5, 0.6) is 0 Å². The Morgan fingerprint density at radius 2 is 1.80 bits per heavy atom. The number of hydrogen-bond donors (Lipinski definition) is 5. The van der Waals surface area contributed by atoms with Crippen LogP contribution in [0.3, 0.4) is 0 Å². The molecular formula is C8H16O7. The second-order valence-corrected chi connectivity index (χ2v) is 3.43. The number of ether oxygens (including phenoxy) is 2. The van der Waals surface area contributed by atoms with Crippen LogP contribution in [-0.2, 0) is 9.47 Å². The molecule has 0 aliphatic carbocycles. The molecule has 5 N–H and O–H groups in total. The summed E-state index contributed by atoms with van der Waals surface area (Å²) < 4.78 is 9.70. The summed E-state index contributed by atoms with van der Waals surface area (Å²) >= 11 is 0. The number of methoxy groups -OCH3 is 1. The Kier molecular flexibility index (Phi) is 4.41. The molecule has 90 valence electrons. The predicted octanol–water partition coefficient (Wildman–Crippen LogP) is -3.21. The second-order valence-electron chi connectivity index (χ2n) is 3.43. The Hall–Kier alpha value is -0.280. The van der Waals surface area contributed by atoms with Gasteiger partial charge in [-0.3, -0.25) is 0 Å². The molecule has 0 amide bonds. The lowest BCUT2D eigenvalue weighted by Crippen LogP contribution is -2.61. The van der Waals surface area contributed by atoms with E-state index >= 15 is 0 Å². The van der Waals surface area contributed by atoms with Gasteiger partial charge in [0.1, 0.15) is 30.5 Å². The van der Waals surface area contributed by atoms with E-state index in [2.05, 4.69) is 0 Å². The van der Waals surface area contributed by atoms with Gasteiger partial charge in [0.05, 0.1) is 6.61 Å². The maximum Gasteiger partial charge on any atom is 0.186 e. The zero-order valence-electron chi connectivity index (χ0n) is 8.22. The lowest BCUT2D eigenvalue weighted by molar-refractivity contribution is -0.305. The maximum atomic E-state index is 9.46. The fourth-order valence-electron chi connectivity index (χ4n) is 1.49. The van der Waals surface area contributed by atoms with Gasteiger partial charge in [-0.2, -0.15) is 0 Å². The molecule has 0 aromatic carbocycles. The van der Waals surface area contributed by atoms with Crippen LogP contribution in [-0.4, -0.2) is 76.1 Å². The Balaban J connectivity index is 2.74. The Labute approximate surface area is 86.5 Å². The van der Waals surface area contributed by atoms with E-state index in [-0.39, 0.29) is 0 Å². The molecule has 1 rings (SSSR count). The minimum atomic E-state index is -1.49. The Morgan fingerprint density at radius 1 is 1.20 bits per heavy atom. The molecule has 0 aromatic rings. The molecule has 1 heterocycles. The molecule has 6 atom stereocenters. The minimum Gasteiger partial charge on any atom is -0.394 e. The van der Waals surface area contributed by atoms with E-state index in [1.807, 2.05) is 0 Å². The van der Waals surface area contributed by atoms with Gasteiger partial charge in [-0.25, -0.2) is 0 Å². The summed E-state index contributed by atoms with van der Waals surface area (Å²) in [5, 5.41) is 46.2. The van der Waals surface area contributed by atoms with Crippen molar-refractivity contribution in [1.82, 2.24) is 0 Å². The topological polar surface area (TPSA) is 120 Å². The normalized spacial score (nSPS) is 44.0. The zero-order valence-corrected chi connectivity index (χ0v) is 8.22. The maximum absolute atomic E-state index is 9.46. The van der Waals surface area contributed by atoms with E-state index in [0.717, 1.165) is 0 Å². The predicted molar refractivity (Wildman–Crippen MR) is 46.8 cm³/mol. The lowest BCUT2D eigenvalue weighted by atomic mass is 9.95. The van der Waals surface area contributed by atoms with Gasteiger partial charge in [0.2, 0.25) is 0 Å². The van der Waals surface area contributed by atoms with Crippen LogP contribution in [0, 0.1) is 0 Å². The highest BCUT2D eigenvalue weighted by Crippen LogP contribution is 2.23. The highest BCUT2D eigenvalue weighted by atomic mass is 16.7. The lowest BCUT2D eigenvalue weighted by Gasteiger charge is -2.41. The van der Waals surface area contributed by atoms with Crippen molar-refractivity contribution < 1.29 is 35.0 Å². The van der Waals surface area contributed by atoms with E-state index in [0.29, 0.717) is 0 Å². The molecule has 7 nitrogen and oxygen atoms in total. The van der Waals surface area contributed by atoms with Crippen molar-refractivity contribution in [3.8, 4) is 0 Å². The SMILES string of the molecule is CO[C@@H]1O[C@H]([C@H](O)CO)[C@H](O)[C@H](O)[C@H]1O. The summed E-state index contributed by atoms with van der Waals surface area (Å²) in [6.45, 7) is -0.624. The van der Waals surface area contributed by atoms with Crippen molar-refractivity contribution in [3.05, 3.63) is 0 Å². The summed E-state index contributed by atoms with van der Waals surface area (Å²) in [6.07, 6.45) is -8.05. The van der Waals surface area contributed by atoms with Crippen molar-refractivity contribution in [3.63, 3.8) is 0 Å². The quantitative estimate of drug-likeness (QED) is 0.342. The molecule has 1 aliphatic heterocycles. The molecule has 15 heavy (non-hydrogen) atoms. The largest absolute Gasteiger partial charge is 0.394 e. The fraction of sp³-hybridized carbons (Fsp3) is 1.00. The third-order valence-electron chi connectivity index (χ3n) is 2.41. The summed E-state index contributed by atoms with van der Waals surface area (Å²) in [5.41, 5.74) is 0. The first-order chi connectivity index (χ1) is 7.02. The summed E-state index contributed by atoms with van der Waals surface area (Å²) in [7, 11) is 1.25. The van der Waals surface area contributed by atoms with Gasteiger partial charge in [-0.15, -0.1) is 0 Å². The van der Waals surface area contributed by atoms with Gasteiger partial charge >= 0.3 is 0 Å². The number of rotatable bonds is 3. The third-order valence-corrected chi connectivity index (χ3v) is 2.41. The first kappa shape index (κ1) is 12.8. The average Bonchev–Trinajstić information content (AvgIpc) is 2.25. The number of aliphatic hydroxyl groups excluding tert-OH is 5. The average molecular weight is 224 g/mol. The van der Waals surface area contributed by atoms with Crippen LogP contribution in [0.4, 0.5) is 0 Å². The van der Waals surface area contributed by atoms with Crippen LogP contribution < -0.4 is 0 Å².